The van der Waals surface area contributed by atoms with Crippen molar-refractivity contribution < 1.29 is 61.8 Å². The predicted molar refractivity (Wildman–Crippen MR) is 233 cm³/mol. The Morgan fingerprint density at radius 1 is 0.619 bits per heavy atom. The van der Waals surface area contributed by atoms with Crippen molar-refractivity contribution in [2.45, 2.75) is 110 Å². The fraction of sp³-hybridized carbons (Fsp3) is 0.476. The zero-order valence-corrected chi connectivity index (χ0v) is 38.6. The lowest BCUT2D eigenvalue weighted by Gasteiger charge is -2.47. The van der Waals surface area contributed by atoms with Crippen molar-refractivity contribution in [1.29, 1.82) is 5.41 Å². The van der Waals surface area contributed by atoms with Gasteiger partial charge in [-0.2, -0.15) is 0 Å². The van der Waals surface area contributed by atoms with Gasteiger partial charge in [-0.1, -0.05) is 161 Å². The maximum atomic E-state index is 13.0. The van der Waals surface area contributed by atoms with Crippen LogP contribution in [0.4, 0.5) is 4.79 Å². The Hall–Kier alpha value is -3.16. The predicted octanol–water partition coefficient (Wildman–Crippen LogP) is 7.92. The molecule has 0 bridgehead atoms. The van der Waals surface area contributed by atoms with Crippen LogP contribution in [0.2, 0.25) is 0 Å². The van der Waals surface area contributed by atoms with E-state index in [2.05, 4.69) is 5.32 Å². The van der Waals surface area contributed by atoms with E-state index in [0.29, 0.717) is 0 Å². The number of hydrogen-bond acceptors (Lipinski definition) is 14. The number of benzene rings is 3. The fourth-order valence-corrected chi connectivity index (χ4v) is 6.96. The number of alkyl halides is 6. The van der Waals surface area contributed by atoms with Crippen LogP contribution in [0, 0.1) is 5.41 Å². The average molecular weight is 1000 g/mol. The number of hydrogen-bond donors (Lipinski definition) is 2. The van der Waals surface area contributed by atoms with Gasteiger partial charge in [-0.25, -0.2) is 4.79 Å². The van der Waals surface area contributed by atoms with E-state index >= 15 is 0 Å². The minimum Gasteiger partial charge on any atom is -0.456 e. The van der Waals surface area contributed by atoms with Crippen LogP contribution in [0.5, 0.6) is 0 Å². The van der Waals surface area contributed by atoms with Crippen LogP contribution in [-0.2, 0) is 76.8 Å². The number of nitrogens with one attached hydrogen (secondary N) is 2. The molecule has 0 saturated carbocycles. The number of carbonyl (C=O) groups is 3. The molecule has 2 aliphatic rings. The van der Waals surface area contributed by atoms with Gasteiger partial charge in [-0.05, 0) is 23.6 Å². The van der Waals surface area contributed by atoms with Gasteiger partial charge in [0.1, 0.15) is 37.1 Å². The van der Waals surface area contributed by atoms with E-state index in [1.807, 2.05) is 91.0 Å². The average Bonchev–Trinajstić information content (AvgIpc) is 3.23. The summed E-state index contributed by atoms with van der Waals surface area (Å²) in [6, 6.07) is 27.0. The zero-order chi connectivity index (χ0) is 45.7. The number of esters is 2. The van der Waals surface area contributed by atoms with Gasteiger partial charge in [-0.15, -0.1) is 0 Å². The van der Waals surface area contributed by atoms with E-state index in [1.165, 1.54) is 0 Å². The van der Waals surface area contributed by atoms with Gasteiger partial charge in [-0.3, -0.25) is 15.0 Å². The Morgan fingerprint density at radius 3 is 1.57 bits per heavy atom. The molecule has 63 heavy (non-hydrogen) atoms. The lowest BCUT2D eigenvalue weighted by atomic mass is 9.96. The highest BCUT2D eigenvalue weighted by Gasteiger charge is 2.54. The highest BCUT2D eigenvalue weighted by Crippen LogP contribution is 2.35. The summed E-state index contributed by atoms with van der Waals surface area (Å²) in [7, 11) is 0. The molecule has 0 unspecified atom stereocenters. The van der Waals surface area contributed by atoms with E-state index in [4.69, 9.17) is 122 Å². The molecule has 0 aromatic heterocycles. The third-order valence-corrected chi connectivity index (χ3v) is 10.2. The molecule has 0 aliphatic carbocycles. The molecule has 2 heterocycles. The largest absolute Gasteiger partial charge is 0.456 e. The molecule has 3 aromatic carbocycles. The van der Waals surface area contributed by atoms with Crippen molar-refractivity contribution in [1.82, 2.24) is 5.32 Å². The molecule has 3 aromatic rings. The summed E-state index contributed by atoms with van der Waals surface area (Å²) < 4.78 is 56.5. The van der Waals surface area contributed by atoms with E-state index in [0.717, 1.165) is 30.5 Å². The second-order valence-electron chi connectivity index (χ2n) is 14.3. The van der Waals surface area contributed by atoms with Gasteiger partial charge < -0.3 is 52.7 Å². The van der Waals surface area contributed by atoms with Gasteiger partial charge in [0, 0.05) is 13.8 Å². The maximum Gasteiger partial charge on any atom is 0.407 e. The summed E-state index contributed by atoms with van der Waals surface area (Å²) in [4.78, 5) is 38.3. The molecule has 344 valence electrons. The molecular weight excluding hydrogens is 953 g/mol. The summed E-state index contributed by atoms with van der Waals surface area (Å²) in [6.07, 6.45) is -11.9. The number of halogens is 6. The highest BCUT2D eigenvalue weighted by molar-refractivity contribution is 6.76. The van der Waals surface area contributed by atoms with Crippen LogP contribution in [0.3, 0.4) is 0 Å². The second kappa shape index (κ2) is 23.9. The fourth-order valence-electron chi connectivity index (χ4n) is 6.66. The Labute approximate surface area is 394 Å². The molecular formula is C42H46Cl6N2O13. The lowest BCUT2D eigenvalue weighted by molar-refractivity contribution is -0.332. The summed E-state index contributed by atoms with van der Waals surface area (Å²) in [6.45, 7) is 3.31. The normalized spacial score (nSPS) is 26.2. The number of amides is 1. The van der Waals surface area contributed by atoms with Crippen LogP contribution >= 0.6 is 69.6 Å². The van der Waals surface area contributed by atoms with E-state index in [-0.39, 0.29) is 19.8 Å². The lowest BCUT2D eigenvalue weighted by Crippen LogP contribution is -2.67. The summed E-state index contributed by atoms with van der Waals surface area (Å²) >= 11 is 35.2. The van der Waals surface area contributed by atoms with Gasteiger partial charge in [0.25, 0.3) is 3.79 Å². The molecule has 2 fully saturated rings. The third-order valence-electron chi connectivity index (χ3n) is 9.40. The summed E-state index contributed by atoms with van der Waals surface area (Å²) in [5, 5.41) is 10.7. The molecule has 15 nitrogen and oxygen atoms in total. The molecule has 0 radical (unpaired) electrons. The molecule has 2 N–H and O–H groups in total. The van der Waals surface area contributed by atoms with E-state index < -0.39 is 106 Å². The Kier molecular flexibility index (Phi) is 19.2. The Balaban J connectivity index is 1.49. The van der Waals surface area contributed by atoms with Crippen molar-refractivity contribution in [3.8, 4) is 0 Å². The third kappa shape index (κ3) is 16.0. The first-order chi connectivity index (χ1) is 29.9. The topological polar surface area (TPSA) is 179 Å². The van der Waals surface area contributed by atoms with Crippen molar-refractivity contribution in [2.24, 2.45) is 0 Å². The molecule has 2 aliphatic heterocycles. The molecule has 2 saturated heterocycles. The van der Waals surface area contributed by atoms with Crippen molar-refractivity contribution in [3.63, 3.8) is 0 Å². The Bertz CT molecular complexity index is 1930. The smallest absolute Gasteiger partial charge is 0.407 e. The van der Waals surface area contributed by atoms with Gasteiger partial charge in [0.15, 0.2) is 18.5 Å². The Morgan fingerprint density at radius 2 is 1.10 bits per heavy atom. The van der Waals surface area contributed by atoms with Crippen molar-refractivity contribution in [3.05, 3.63) is 108 Å². The quantitative estimate of drug-likeness (QED) is 0.0439. The van der Waals surface area contributed by atoms with E-state index in [9.17, 15) is 14.4 Å². The van der Waals surface area contributed by atoms with E-state index in [1.54, 1.807) is 6.92 Å². The molecule has 5 rings (SSSR count). The second-order valence-corrected chi connectivity index (χ2v) is 19.1. The first-order valence-corrected chi connectivity index (χ1v) is 21.7. The molecule has 1 amide bonds. The molecule has 10 atom stereocenters. The molecule has 21 heteroatoms. The van der Waals surface area contributed by atoms with Crippen LogP contribution < -0.4 is 5.32 Å². The summed E-state index contributed by atoms with van der Waals surface area (Å²) in [5.41, 5.74) is 2.65. The highest BCUT2D eigenvalue weighted by atomic mass is 35.6. The SMILES string of the molecule is CC(=O)O[C@@H]1[C@@H](NC(=O)OCC(Cl)(Cl)Cl)[C@H](OC(=N)C(Cl)(Cl)Cl)O[C@H](CO[C@@H]2O[C@@H](C)[C@@H](OCc3ccccc3)[C@@H](OCc3ccccc3)[C@@H]2OCc2ccccc2)[C@H]1OC(C)=O. The van der Waals surface area contributed by atoms with Gasteiger partial charge in [0.05, 0.1) is 32.5 Å². The monoisotopic (exact) mass is 996 g/mol. The maximum absolute atomic E-state index is 13.0. The van der Waals surface area contributed by atoms with Crippen LogP contribution in [0.25, 0.3) is 0 Å². The standard InChI is InChI=1S/C42H46Cl6N2O13/c1-24-32(54-19-27-13-7-4-8-14-27)35(55-20-28-15-9-5-10-16-28)36(56-21-29-17-11-6-12-18-29)38(59-24)57-22-30-33(60-25(2)51)34(61-26(3)52)31(50-40(53)58-23-41(43,44)45)37(62-30)63-39(49)42(46,47)48/h4-18,24,30-38,49H,19-23H2,1-3H3,(H,50,53)/t24-,30+,31+,32+,33+,34+,35+,36-,37-,38+/m0/s1. The first kappa shape index (κ1) is 50.8. The number of alkyl carbamates (subject to hydrolysis) is 1. The molecule has 0 spiro atoms. The number of carbonyl (C=O) groups excluding carboxylic acids is 3. The van der Waals surface area contributed by atoms with Gasteiger partial charge >= 0.3 is 18.0 Å². The van der Waals surface area contributed by atoms with Crippen LogP contribution in [0.15, 0.2) is 91.0 Å². The number of rotatable bonds is 17. The first-order valence-electron chi connectivity index (χ1n) is 19.4. The van der Waals surface area contributed by atoms with Crippen molar-refractivity contribution in [2.75, 3.05) is 13.2 Å². The van der Waals surface area contributed by atoms with Crippen LogP contribution in [0.1, 0.15) is 37.5 Å². The summed E-state index contributed by atoms with van der Waals surface area (Å²) in [5.74, 6) is -2.67. The minimum atomic E-state index is -2.43. The van der Waals surface area contributed by atoms with Crippen molar-refractivity contribution >= 4 is 93.5 Å². The van der Waals surface area contributed by atoms with Gasteiger partial charge in [0.2, 0.25) is 16.0 Å². The number of ether oxygens (including phenoxy) is 10. The minimum absolute atomic E-state index is 0.112. The van der Waals surface area contributed by atoms with Crippen LogP contribution in [-0.4, -0.2) is 106 Å². The zero-order valence-electron chi connectivity index (χ0n) is 34.0.